The molecule has 0 saturated heterocycles. The molecule has 2 aromatic carbocycles. The fourth-order valence-corrected chi connectivity index (χ4v) is 4.00. The number of hydrogen-bond donors (Lipinski definition) is 2. The Morgan fingerprint density at radius 2 is 1.83 bits per heavy atom. The summed E-state index contributed by atoms with van der Waals surface area (Å²) < 4.78 is 11.1. The normalized spacial score (nSPS) is 13.5. The number of oxazole rings is 1. The summed E-state index contributed by atoms with van der Waals surface area (Å²) in [6.45, 7) is 2.14. The first-order valence-electron chi connectivity index (χ1n) is 10.4. The molecule has 1 amide bonds. The van der Waals surface area contributed by atoms with Gasteiger partial charge < -0.3 is 19.6 Å². The van der Waals surface area contributed by atoms with Gasteiger partial charge in [-0.1, -0.05) is 68.3 Å². The molecule has 6 heteroatoms. The van der Waals surface area contributed by atoms with Crippen LogP contribution in [0.5, 0.6) is 0 Å². The monoisotopic (exact) mass is 406 g/mol. The Labute approximate surface area is 175 Å². The summed E-state index contributed by atoms with van der Waals surface area (Å²) in [4.78, 5) is 16.8. The zero-order chi connectivity index (χ0) is 20.9. The summed E-state index contributed by atoms with van der Waals surface area (Å²) in [6.07, 6.45) is 3.49. The fourth-order valence-electron chi connectivity index (χ4n) is 4.00. The molecule has 0 saturated carbocycles. The summed E-state index contributed by atoms with van der Waals surface area (Å²) in [7, 11) is 0. The lowest BCUT2D eigenvalue weighted by Gasteiger charge is -2.18. The number of aliphatic hydroxyl groups excluding tert-OH is 1. The van der Waals surface area contributed by atoms with Crippen LogP contribution in [0.15, 0.2) is 59.2 Å². The van der Waals surface area contributed by atoms with E-state index in [1.165, 1.54) is 28.5 Å². The molecule has 0 unspecified atom stereocenters. The summed E-state index contributed by atoms with van der Waals surface area (Å²) >= 11 is 0. The summed E-state index contributed by atoms with van der Waals surface area (Å²) in [5.41, 5.74) is 5.18. The van der Waals surface area contributed by atoms with Crippen molar-refractivity contribution in [1.29, 1.82) is 0 Å². The van der Waals surface area contributed by atoms with E-state index in [9.17, 15) is 9.90 Å². The van der Waals surface area contributed by atoms with E-state index >= 15 is 0 Å². The molecular weight excluding hydrogens is 380 g/mol. The number of rotatable bonds is 8. The molecule has 2 N–H and O–H groups in total. The smallest absolute Gasteiger partial charge is 0.407 e. The maximum absolute atomic E-state index is 12.6. The highest BCUT2D eigenvalue weighted by Crippen LogP contribution is 2.44. The van der Waals surface area contributed by atoms with Gasteiger partial charge in [-0.2, -0.15) is 0 Å². The Morgan fingerprint density at radius 1 is 1.17 bits per heavy atom. The average Bonchev–Trinajstić information content (AvgIpc) is 3.38. The molecule has 0 fully saturated rings. The molecule has 1 aromatic heterocycles. The van der Waals surface area contributed by atoms with Crippen LogP contribution >= 0.6 is 0 Å². The number of nitrogens with one attached hydrogen (secondary N) is 1. The Morgan fingerprint density at radius 3 is 2.43 bits per heavy atom. The van der Waals surface area contributed by atoms with Gasteiger partial charge in [-0.05, 0) is 28.7 Å². The number of fused-ring (bicyclic) bond motifs is 3. The van der Waals surface area contributed by atoms with Crippen LogP contribution in [0.2, 0.25) is 0 Å². The number of aliphatic hydroxyl groups is 1. The van der Waals surface area contributed by atoms with Gasteiger partial charge in [0, 0.05) is 5.92 Å². The SMILES string of the molecule is CCCC[C@@H](NC(=O)OCC1c2ccccc2-c2ccccc21)c1nc(CO)co1. The molecule has 30 heavy (non-hydrogen) atoms. The van der Waals surface area contributed by atoms with Crippen LogP contribution in [0.4, 0.5) is 4.79 Å². The number of hydrogen-bond acceptors (Lipinski definition) is 5. The van der Waals surface area contributed by atoms with E-state index in [-0.39, 0.29) is 25.2 Å². The van der Waals surface area contributed by atoms with Crippen LogP contribution in [0.25, 0.3) is 11.1 Å². The molecule has 156 valence electrons. The van der Waals surface area contributed by atoms with Crippen molar-refractivity contribution in [3.05, 3.63) is 77.5 Å². The molecule has 0 aliphatic heterocycles. The molecule has 1 atom stereocenters. The number of alkyl carbamates (subject to hydrolysis) is 1. The fraction of sp³-hybridized carbons (Fsp3) is 0.333. The maximum Gasteiger partial charge on any atom is 0.407 e. The number of ether oxygens (including phenoxy) is 1. The van der Waals surface area contributed by atoms with E-state index in [4.69, 9.17) is 9.15 Å². The van der Waals surface area contributed by atoms with Crippen molar-refractivity contribution in [3.8, 4) is 11.1 Å². The number of carbonyl (C=O) groups is 1. The van der Waals surface area contributed by atoms with Gasteiger partial charge in [-0.25, -0.2) is 9.78 Å². The number of carbonyl (C=O) groups excluding carboxylic acids is 1. The Bertz CT molecular complexity index is 968. The number of aromatic nitrogens is 1. The van der Waals surface area contributed by atoms with Crippen LogP contribution < -0.4 is 5.32 Å². The number of nitrogens with zero attached hydrogens (tertiary/aromatic N) is 1. The van der Waals surface area contributed by atoms with Gasteiger partial charge in [-0.15, -0.1) is 0 Å². The average molecular weight is 406 g/mol. The van der Waals surface area contributed by atoms with Crippen molar-refractivity contribution in [2.75, 3.05) is 6.61 Å². The van der Waals surface area contributed by atoms with E-state index in [2.05, 4.69) is 41.5 Å². The second kappa shape index (κ2) is 9.13. The lowest BCUT2D eigenvalue weighted by Crippen LogP contribution is -2.30. The van der Waals surface area contributed by atoms with Crippen molar-refractivity contribution >= 4 is 6.09 Å². The summed E-state index contributed by atoms with van der Waals surface area (Å²) in [5.74, 6) is 0.404. The molecule has 1 heterocycles. The van der Waals surface area contributed by atoms with Crippen molar-refractivity contribution in [2.45, 2.75) is 44.8 Å². The Balaban J connectivity index is 1.45. The minimum Gasteiger partial charge on any atom is -0.449 e. The summed E-state index contributed by atoms with van der Waals surface area (Å²) in [6, 6.07) is 16.1. The molecule has 3 aromatic rings. The predicted molar refractivity (Wildman–Crippen MR) is 113 cm³/mol. The van der Waals surface area contributed by atoms with Gasteiger partial charge in [0.05, 0.1) is 6.61 Å². The highest BCUT2D eigenvalue weighted by Gasteiger charge is 2.29. The van der Waals surface area contributed by atoms with Crippen LogP contribution in [0.3, 0.4) is 0 Å². The zero-order valence-electron chi connectivity index (χ0n) is 17.0. The third-order valence-electron chi connectivity index (χ3n) is 5.51. The zero-order valence-corrected chi connectivity index (χ0v) is 17.0. The number of benzene rings is 2. The largest absolute Gasteiger partial charge is 0.449 e. The first-order chi connectivity index (χ1) is 14.7. The van der Waals surface area contributed by atoms with Crippen molar-refractivity contribution in [2.24, 2.45) is 0 Å². The standard InChI is InChI=1S/C24H26N2O4/c1-2-3-12-22(23-25-16(13-27)14-29-23)26-24(28)30-15-21-19-10-6-4-8-17(19)18-9-5-7-11-20(18)21/h4-11,14,21-22,27H,2-3,12-13,15H2,1H3,(H,26,28)/t22-/m1/s1. The molecule has 1 aliphatic rings. The number of amides is 1. The van der Waals surface area contributed by atoms with Crippen molar-refractivity contribution < 1.29 is 19.1 Å². The minimum atomic E-state index is -0.498. The van der Waals surface area contributed by atoms with Gasteiger partial charge in [0.15, 0.2) is 0 Å². The third kappa shape index (κ3) is 4.09. The minimum absolute atomic E-state index is 0.0139. The van der Waals surface area contributed by atoms with Gasteiger partial charge in [0.2, 0.25) is 5.89 Å². The second-order valence-electron chi connectivity index (χ2n) is 7.50. The quantitative estimate of drug-likeness (QED) is 0.554. The topological polar surface area (TPSA) is 84.6 Å². The summed E-state index contributed by atoms with van der Waals surface area (Å²) in [5, 5.41) is 12.1. The lowest BCUT2D eigenvalue weighted by molar-refractivity contribution is 0.136. The van der Waals surface area contributed by atoms with Crippen LogP contribution in [-0.2, 0) is 11.3 Å². The van der Waals surface area contributed by atoms with Gasteiger partial charge in [-0.3, -0.25) is 0 Å². The van der Waals surface area contributed by atoms with Crippen LogP contribution in [-0.4, -0.2) is 22.8 Å². The molecule has 0 spiro atoms. The predicted octanol–water partition coefficient (Wildman–Crippen LogP) is 4.94. The highest BCUT2D eigenvalue weighted by molar-refractivity contribution is 5.79. The van der Waals surface area contributed by atoms with Crippen LogP contribution in [0, 0.1) is 0 Å². The van der Waals surface area contributed by atoms with E-state index in [1.807, 2.05) is 24.3 Å². The van der Waals surface area contributed by atoms with E-state index < -0.39 is 6.09 Å². The van der Waals surface area contributed by atoms with Gasteiger partial charge >= 0.3 is 6.09 Å². The lowest BCUT2D eigenvalue weighted by atomic mass is 9.98. The maximum atomic E-state index is 12.6. The van der Waals surface area contributed by atoms with Gasteiger partial charge in [0.1, 0.15) is 24.6 Å². The molecule has 6 nitrogen and oxygen atoms in total. The first kappa shape index (κ1) is 20.2. The Hall–Kier alpha value is -3.12. The van der Waals surface area contributed by atoms with Crippen molar-refractivity contribution in [3.63, 3.8) is 0 Å². The second-order valence-corrected chi connectivity index (χ2v) is 7.50. The van der Waals surface area contributed by atoms with E-state index in [0.717, 1.165) is 12.8 Å². The molecule has 4 rings (SSSR count). The van der Waals surface area contributed by atoms with Crippen molar-refractivity contribution in [1.82, 2.24) is 10.3 Å². The molecular formula is C24H26N2O4. The third-order valence-corrected chi connectivity index (χ3v) is 5.51. The van der Waals surface area contributed by atoms with E-state index in [0.29, 0.717) is 18.0 Å². The number of unbranched alkanes of at least 4 members (excludes halogenated alkanes) is 1. The molecule has 0 radical (unpaired) electrons. The first-order valence-corrected chi connectivity index (χ1v) is 10.4. The van der Waals surface area contributed by atoms with Crippen LogP contribution in [0.1, 0.15) is 60.9 Å². The van der Waals surface area contributed by atoms with Gasteiger partial charge in [0.25, 0.3) is 0 Å². The highest BCUT2D eigenvalue weighted by atomic mass is 16.5. The Kier molecular flexibility index (Phi) is 6.14. The molecule has 0 bridgehead atoms. The molecule has 1 aliphatic carbocycles. The van der Waals surface area contributed by atoms with E-state index in [1.54, 1.807) is 0 Å².